The fraction of sp³-hybridized carbons (Fsp3) is 0.618. The summed E-state index contributed by atoms with van der Waals surface area (Å²) >= 11 is 0. The molecule has 1 aromatic heterocycles. The van der Waals surface area contributed by atoms with E-state index in [1.807, 2.05) is 22.9 Å². The van der Waals surface area contributed by atoms with Gasteiger partial charge in [0.2, 0.25) is 28.3 Å². The number of rotatable bonds is 7. The normalized spacial score (nSPS) is 26.7. The number of alkyl carbamates (subject to hydrolysis) is 1. The highest BCUT2D eigenvalue weighted by molar-refractivity contribution is 7.91. The first-order valence-corrected chi connectivity index (χ1v) is 19.1. The molecule has 288 valence electrons. The number of amides is 4. The van der Waals surface area contributed by atoms with Gasteiger partial charge in [0.05, 0.1) is 30.6 Å². The van der Waals surface area contributed by atoms with Crippen molar-refractivity contribution < 1.29 is 45.9 Å². The summed E-state index contributed by atoms with van der Waals surface area (Å²) < 4.78 is 66.1. The lowest BCUT2D eigenvalue weighted by Crippen LogP contribution is -2.60. The number of alkyl halides is 2. The van der Waals surface area contributed by atoms with Crippen LogP contribution in [0.2, 0.25) is 0 Å². The number of sulfonamides is 1. The van der Waals surface area contributed by atoms with E-state index in [9.17, 15) is 36.4 Å². The van der Waals surface area contributed by atoms with Gasteiger partial charge in [-0.3, -0.25) is 19.1 Å². The lowest BCUT2D eigenvalue weighted by atomic mass is 9.85. The summed E-state index contributed by atoms with van der Waals surface area (Å²) in [5.41, 5.74) is -1.79. The molecule has 5 atom stereocenters. The van der Waals surface area contributed by atoms with Gasteiger partial charge in [0, 0.05) is 18.0 Å². The van der Waals surface area contributed by atoms with Gasteiger partial charge in [-0.25, -0.2) is 22.0 Å². The van der Waals surface area contributed by atoms with E-state index in [-0.39, 0.29) is 25.4 Å². The van der Waals surface area contributed by atoms with Gasteiger partial charge in [-0.05, 0) is 73.8 Å². The molecule has 4 aliphatic rings. The molecule has 1 aromatic carbocycles. The van der Waals surface area contributed by atoms with Gasteiger partial charge in [0.25, 0.3) is 5.91 Å². The van der Waals surface area contributed by atoms with Crippen LogP contribution in [0.3, 0.4) is 0 Å². The minimum absolute atomic E-state index is 0.0874. The zero-order valence-electron chi connectivity index (χ0n) is 29.9. The number of hydrogen-bond acceptors (Lipinski definition) is 11. The number of carbonyl (C=O) groups excluding carboxylic acids is 4. The monoisotopic (exact) mass is 762 g/mol. The highest BCUT2D eigenvalue weighted by Gasteiger charge is 2.67. The number of benzene rings is 1. The molecule has 2 saturated carbocycles. The Morgan fingerprint density at radius 1 is 1.17 bits per heavy atom. The summed E-state index contributed by atoms with van der Waals surface area (Å²) in [6.45, 7) is 5.12. The van der Waals surface area contributed by atoms with Crippen LogP contribution in [0, 0.1) is 11.3 Å². The van der Waals surface area contributed by atoms with Crippen LogP contribution in [0.4, 0.5) is 13.6 Å². The smallest absolute Gasteiger partial charge is 0.407 e. The Kier molecular flexibility index (Phi) is 10.5. The topological polar surface area (TPSA) is 204 Å². The third-order valence-corrected chi connectivity index (χ3v) is 11.9. The number of carbonyl (C=O) groups is 4. The molecule has 16 nitrogen and oxygen atoms in total. The van der Waals surface area contributed by atoms with E-state index in [0.717, 1.165) is 5.56 Å². The second kappa shape index (κ2) is 14.6. The summed E-state index contributed by atoms with van der Waals surface area (Å²) in [6, 6.07) is 2.76. The number of nitrogens with zero attached hydrogens (tertiary/aromatic N) is 5. The number of cyclic esters (lactones) is 1. The maximum Gasteiger partial charge on any atom is 0.407 e. The number of nitrogens with one attached hydrogen (secondary N) is 3. The highest BCUT2D eigenvalue weighted by Crippen LogP contribution is 2.48. The molecular weight excluding hydrogens is 718 g/mol. The lowest BCUT2D eigenvalue weighted by Gasteiger charge is -2.35. The summed E-state index contributed by atoms with van der Waals surface area (Å²) in [6.07, 6.45) is 1.97. The van der Waals surface area contributed by atoms with Crippen molar-refractivity contribution in [1.82, 2.24) is 40.5 Å². The predicted molar refractivity (Wildman–Crippen MR) is 184 cm³/mol. The van der Waals surface area contributed by atoms with Crippen molar-refractivity contribution in [2.24, 2.45) is 11.3 Å². The van der Waals surface area contributed by atoms with Crippen LogP contribution >= 0.6 is 0 Å². The molecule has 6 bridgehead atoms. The summed E-state index contributed by atoms with van der Waals surface area (Å²) in [5, 5.41) is 17.2. The van der Waals surface area contributed by atoms with Gasteiger partial charge in [0.1, 0.15) is 23.4 Å². The Balaban J connectivity index is 1.34. The highest BCUT2D eigenvalue weighted by atomic mass is 32.2. The molecule has 2 aliphatic carbocycles. The van der Waals surface area contributed by atoms with Crippen molar-refractivity contribution in [1.29, 1.82) is 0 Å². The molecule has 1 saturated heterocycles. The van der Waals surface area contributed by atoms with Gasteiger partial charge < -0.3 is 25.0 Å². The van der Waals surface area contributed by atoms with E-state index in [2.05, 4.69) is 26.0 Å². The van der Waals surface area contributed by atoms with Crippen molar-refractivity contribution in [3.63, 3.8) is 0 Å². The average molecular weight is 763 g/mol. The molecule has 4 amide bonds. The minimum atomic E-state index is -4.12. The van der Waals surface area contributed by atoms with Gasteiger partial charge >= 0.3 is 6.09 Å². The third kappa shape index (κ3) is 8.13. The molecule has 6 rings (SSSR count). The summed E-state index contributed by atoms with van der Waals surface area (Å²) in [7, 11) is -2.57. The van der Waals surface area contributed by atoms with Crippen LogP contribution in [0.5, 0.6) is 5.75 Å². The number of aromatic nitrogens is 4. The quantitative estimate of drug-likeness (QED) is 0.374. The van der Waals surface area contributed by atoms with E-state index >= 15 is 0 Å². The fourth-order valence-corrected chi connectivity index (χ4v) is 8.11. The first-order valence-electron chi connectivity index (χ1n) is 17.6. The Morgan fingerprint density at radius 3 is 2.58 bits per heavy atom. The maximum atomic E-state index is 14.4. The Labute approximate surface area is 305 Å². The van der Waals surface area contributed by atoms with Gasteiger partial charge in [-0.1, -0.05) is 32.9 Å². The van der Waals surface area contributed by atoms with Crippen LogP contribution < -0.4 is 20.1 Å². The molecule has 2 aromatic rings. The molecule has 3 heterocycles. The third-order valence-electron chi connectivity index (χ3n) is 10.1. The van der Waals surface area contributed by atoms with Crippen LogP contribution in [-0.4, -0.2) is 107 Å². The molecule has 0 radical (unpaired) electrons. The number of halogens is 2. The largest absolute Gasteiger partial charge is 0.496 e. The molecular formula is C34H44F2N8O8S. The zero-order chi connectivity index (χ0) is 38.3. The maximum absolute atomic E-state index is 14.4. The van der Waals surface area contributed by atoms with E-state index in [1.165, 1.54) is 9.70 Å². The summed E-state index contributed by atoms with van der Waals surface area (Å²) in [4.78, 5) is 57.3. The molecule has 2 aliphatic heterocycles. The van der Waals surface area contributed by atoms with Gasteiger partial charge in [-0.2, -0.15) is 0 Å². The van der Waals surface area contributed by atoms with Crippen molar-refractivity contribution in [2.45, 2.75) is 101 Å². The lowest BCUT2D eigenvalue weighted by molar-refractivity contribution is -0.143. The van der Waals surface area contributed by atoms with E-state index in [0.29, 0.717) is 43.5 Å². The molecule has 19 heteroatoms. The molecule has 3 N–H and O–H groups in total. The summed E-state index contributed by atoms with van der Waals surface area (Å²) in [5.74, 6) is -4.42. The molecule has 53 heavy (non-hydrogen) atoms. The second-order valence-electron chi connectivity index (χ2n) is 15.1. The number of allylic oxidation sites excluding steroid dienone is 1. The Morgan fingerprint density at radius 2 is 1.92 bits per heavy atom. The van der Waals surface area contributed by atoms with Gasteiger partial charge in [-0.15, -0.1) is 15.0 Å². The number of tetrazole rings is 1. The van der Waals surface area contributed by atoms with Crippen LogP contribution in [0.25, 0.3) is 11.8 Å². The molecule has 0 spiro atoms. The molecule has 0 unspecified atom stereocenters. The number of hydrogen-bond donors (Lipinski definition) is 3. The number of ether oxygens (including phenoxy) is 2. The minimum Gasteiger partial charge on any atom is -0.496 e. The predicted octanol–water partition coefficient (Wildman–Crippen LogP) is 2.44. The Bertz CT molecular complexity index is 1900. The van der Waals surface area contributed by atoms with Crippen LogP contribution in [0.1, 0.15) is 83.0 Å². The SMILES string of the molecule is COc1ccc2cc1C=CCCCCOC(=O)N[C@@H](C(C)(C)C)C(=O)N1C[C@@H](C[C@H]1C(=O)N[C@]1(C(=O)NS(=O)(=O)C3CC3)C[C@H]1C(F)F)c1nnn-2n1. The van der Waals surface area contributed by atoms with Crippen molar-refractivity contribution in [2.75, 3.05) is 20.3 Å². The number of fused-ring (bicyclic) bond motifs is 8. The van der Waals surface area contributed by atoms with Crippen molar-refractivity contribution in [3.05, 3.63) is 35.7 Å². The van der Waals surface area contributed by atoms with Crippen molar-refractivity contribution >= 4 is 39.9 Å². The van der Waals surface area contributed by atoms with Crippen LogP contribution in [-0.2, 0) is 29.1 Å². The first-order chi connectivity index (χ1) is 25.0. The van der Waals surface area contributed by atoms with Gasteiger partial charge in [0.15, 0.2) is 5.82 Å². The first kappa shape index (κ1) is 38.1. The average Bonchev–Trinajstić information content (AvgIpc) is 3.98. The zero-order valence-corrected chi connectivity index (χ0v) is 30.7. The fourth-order valence-electron chi connectivity index (χ4n) is 6.74. The van der Waals surface area contributed by atoms with Crippen molar-refractivity contribution in [3.8, 4) is 11.4 Å². The second-order valence-corrected chi connectivity index (χ2v) is 17.0. The standard InChI is InChI=1S/C34H44F2N8O8S/c1-33(2,3)26-30(46)43-18-20(16-24(43)29(45)38-34(17-23(34)27(35)36)31(47)41-53(49,50)22-11-12-22)28-39-42-44(40-28)21-10-13-25(51-4)19(15-21)9-7-5-6-8-14-52-32(48)37-26/h7,9-10,13,15,20,22-24,26-27H,5-6,8,11-12,14,16-18H2,1-4H3,(H,37,48)(H,38,45)(H,41,47)/t20-,23+,24+,26-,34-/m1/s1. The van der Waals surface area contributed by atoms with E-state index in [1.54, 1.807) is 40.0 Å². The van der Waals surface area contributed by atoms with E-state index < -0.39 is 86.8 Å². The number of methoxy groups -OCH3 is 1. The Hall–Kier alpha value is -4.68. The van der Waals surface area contributed by atoms with E-state index in [4.69, 9.17) is 9.47 Å². The molecule has 3 fully saturated rings. The van der Waals surface area contributed by atoms with Crippen LogP contribution in [0.15, 0.2) is 24.3 Å².